The van der Waals surface area contributed by atoms with E-state index in [1.165, 1.54) is 12.1 Å². The smallest absolute Gasteiger partial charge is 0.252 e. The fourth-order valence-electron chi connectivity index (χ4n) is 1.12. The molecule has 17 heavy (non-hydrogen) atoms. The summed E-state index contributed by atoms with van der Waals surface area (Å²) in [4.78, 5) is 11.6. The summed E-state index contributed by atoms with van der Waals surface area (Å²) in [5.41, 5.74) is 5.43. The van der Waals surface area contributed by atoms with Crippen LogP contribution in [0.5, 0.6) is 0 Å². The number of nitrogens with zero attached hydrogens (tertiary/aromatic N) is 1. The molecule has 0 bridgehead atoms. The predicted molar refractivity (Wildman–Crippen MR) is 64.5 cm³/mol. The first-order chi connectivity index (χ1) is 8.04. The van der Waals surface area contributed by atoms with Crippen molar-refractivity contribution in [2.45, 2.75) is 6.42 Å². The highest BCUT2D eigenvalue weighted by atomic mass is 79.9. The topological polar surface area (TPSA) is 87.7 Å². The molecular weight excluding hydrogens is 293 g/mol. The molecule has 7 heteroatoms. The first-order valence-corrected chi connectivity index (χ1v) is 5.53. The zero-order valence-electron chi connectivity index (χ0n) is 8.78. The van der Waals surface area contributed by atoms with Gasteiger partial charge in [0.25, 0.3) is 5.91 Å². The summed E-state index contributed by atoms with van der Waals surface area (Å²) in [7, 11) is 0. The Morgan fingerprint density at radius 2 is 2.29 bits per heavy atom. The lowest BCUT2D eigenvalue weighted by Gasteiger charge is -2.06. The molecule has 0 aliphatic heterocycles. The number of nitrogens with two attached hydrogens (primary N) is 1. The molecule has 4 N–H and O–H groups in total. The second kappa shape index (κ2) is 6.19. The maximum absolute atomic E-state index is 12.9. The van der Waals surface area contributed by atoms with E-state index in [1.807, 2.05) is 0 Å². The van der Waals surface area contributed by atoms with E-state index < -0.39 is 11.7 Å². The molecule has 0 radical (unpaired) electrons. The minimum absolute atomic E-state index is 0.0172. The van der Waals surface area contributed by atoms with E-state index in [9.17, 15) is 9.18 Å². The Balaban J connectivity index is 2.61. The quantitative estimate of drug-likeness (QED) is 0.340. The second-order valence-corrected chi connectivity index (χ2v) is 4.08. The van der Waals surface area contributed by atoms with Gasteiger partial charge in [-0.1, -0.05) is 5.16 Å². The molecule has 0 aliphatic carbocycles. The van der Waals surface area contributed by atoms with Crippen molar-refractivity contribution in [1.29, 1.82) is 0 Å². The highest BCUT2D eigenvalue weighted by Crippen LogP contribution is 2.17. The van der Waals surface area contributed by atoms with Crippen LogP contribution in [0.25, 0.3) is 0 Å². The molecule has 0 spiro atoms. The molecule has 0 fully saturated rings. The van der Waals surface area contributed by atoms with Crippen LogP contribution in [0.4, 0.5) is 4.39 Å². The van der Waals surface area contributed by atoms with Crippen molar-refractivity contribution in [3.05, 3.63) is 34.1 Å². The van der Waals surface area contributed by atoms with Crippen molar-refractivity contribution in [2.75, 3.05) is 6.54 Å². The van der Waals surface area contributed by atoms with E-state index in [0.717, 1.165) is 6.07 Å². The van der Waals surface area contributed by atoms with Crippen LogP contribution in [-0.4, -0.2) is 23.5 Å². The monoisotopic (exact) mass is 303 g/mol. The van der Waals surface area contributed by atoms with Crippen molar-refractivity contribution in [3.8, 4) is 0 Å². The minimum Gasteiger partial charge on any atom is -0.409 e. The van der Waals surface area contributed by atoms with Gasteiger partial charge in [0.05, 0.1) is 5.56 Å². The average molecular weight is 304 g/mol. The fourth-order valence-corrected chi connectivity index (χ4v) is 1.55. The Bertz CT molecular complexity index is 451. The third-order valence-corrected chi connectivity index (χ3v) is 2.66. The largest absolute Gasteiger partial charge is 0.409 e. The molecule has 1 aromatic carbocycles. The summed E-state index contributed by atoms with van der Waals surface area (Å²) < 4.78 is 13.4. The number of hydrogen-bond acceptors (Lipinski definition) is 3. The van der Waals surface area contributed by atoms with Gasteiger partial charge in [0, 0.05) is 17.4 Å². The Hall–Kier alpha value is -1.63. The van der Waals surface area contributed by atoms with Crippen LogP contribution in [0, 0.1) is 5.82 Å². The van der Waals surface area contributed by atoms with Crippen LogP contribution in [0.3, 0.4) is 0 Å². The van der Waals surface area contributed by atoms with Gasteiger partial charge in [-0.05, 0) is 34.1 Å². The van der Waals surface area contributed by atoms with Crippen LogP contribution in [0.2, 0.25) is 0 Å². The van der Waals surface area contributed by atoms with E-state index in [4.69, 9.17) is 10.9 Å². The van der Waals surface area contributed by atoms with Gasteiger partial charge in [0.15, 0.2) is 0 Å². The SMILES string of the molecule is NC(CCNC(=O)c1cc(F)ccc1Br)=NO. The molecule has 5 nitrogen and oxygen atoms in total. The summed E-state index contributed by atoms with van der Waals surface area (Å²) in [5.74, 6) is -0.902. The molecule has 1 amide bonds. The number of carbonyl (C=O) groups excluding carboxylic acids is 1. The van der Waals surface area contributed by atoms with Gasteiger partial charge in [-0.2, -0.15) is 0 Å². The predicted octanol–water partition coefficient (Wildman–Crippen LogP) is 1.45. The van der Waals surface area contributed by atoms with Gasteiger partial charge in [0.2, 0.25) is 0 Å². The van der Waals surface area contributed by atoms with Crippen LogP contribution in [0.1, 0.15) is 16.8 Å². The number of oxime groups is 1. The summed E-state index contributed by atoms with van der Waals surface area (Å²) in [5, 5.41) is 13.6. The van der Waals surface area contributed by atoms with Crippen LogP contribution >= 0.6 is 15.9 Å². The highest BCUT2D eigenvalue weighted by molar-refractivity contribution is 9.10. The Labute approximate surface area is 106 Å². The normalized spacial score (nSPS) is 11.3. The first kappa shape index (κ1) is 13.4. The molecule has 0 heterocycles. The number of rotatable bonds is 4. The highest BCUT2D eigenvalue weighted by Gasteiger charge is 2.10. The van der Waals surface area contributed by atoms with Gasteiger partial charge < -0.3 is 16.3 Å². The summed E-state index contributed by atoms with van der Waals surface area (Å²) in [6, 6.07) is 3.83. The second-order valence-electron chi connectivity index (χ2n) is 3.22. The lowest BCUT2D eigenvalue weighted by atomic mass is 10.2. The van der Waals surface area contributed by atoms with Crippen molar-refractivity contribution in [3.63, 3.8) is 0 Å². The van der Waals surface area contributed by atoms with Crippen molar-refractivity contribution in [1.82, 2.24) is 5.32 Å². The third kappa shape index (κ3) is 4.03. The number of benzene rings is 1. The number of amides is 1. The van der Waals surface area contributed by atoms with Crippen LogP contribution in [-0.2, 0) is 0 Å². The fraction of sp³-hybridized carbons (Fsp3) is 0.200. The summed E-state index contributed by atoms with van der Waals surface area (Å²) in [6.45, 7) is 0.206. The van der Waals surface area contributed by atoms with Crippen molar-refractivity contribution < 1.29 is 14.4 Å². The van der Waals surface area contributed by atoms with E-state index in [2.05, 4.69) is 26.4 Å². The van der Waals surface area contributed by atoms with Crippen LogP contribution in [0.15, 0.2) is 27.8 Å². The molecule has 0 atom stereocenters. The molecule has 0 unspecified atom stereocenters. The molecule has 1 rings (SSSR count). The molecule has 0 saturated carbocycles. The van der Waals surface area contributed by atoms with E-state index in [0.29, 0.717) is 4.47 Å². The Morgan fingerprint density at radius 1 is 1.59 bits per heavy atom. The number of carbonyl (C=O) groups is 1. The average Bonchev–Trinajstić information content (AvgIpc) is 2.31. The third-order valence-electron chi connectivity index (χ3n) is 1.97. The summed E-state index contributed by atoms with van der Waals surface area (Å²) in [6.07, 6.45) is 0.217. The van der Waals surface area contributed by atoms with E-state index in [-0.39, 0.29) is 24.4 Å². The summed E-state index contributed by atoms with van der Waals surface area (Å²) >= 11 is 3.15. The first-order valence-electron chi connectivity index (χ1n) is 4.74. The van der Waals surface area contributed by atoms with E-state index >= 15 is 0 Å². The molecular formula is C10H11BrFN3O2. The molecule has 1 aromatic rings. The molecule has 0 saturated heterocycles. The molecule has 92 valence electrons. The van der Waals surface area contributed by atoms with Crippen LogP contribution < -0.4 is 11.1 Å². The lowest BCUT2D eigenvalue weighted by molar-refractivity contribution is 0.0953. The number of nitrogens with one attached hydrogen (secondary N) is 1. The number of hydrogen-bond donors (Lipinski definition) is 3. The standard InChI is InChI=1S/C10H11BrFN3O2/c11-8-2-1-6(12)5-7(8)10(16)14-4-3-9(13)15-17/h1-2,5,17H,3-4H2,(H2,13,15)(H,14,16). The number of halogens is 2. The Morgan fingerprint density at radius 3 is 2.94 bits per heavy atom. The zero-order valence-corrected chi connectivity index (χ0v) is 10.4. The maximum Gasteiger partial charge on any atom is 0.252 e. The van der Waals surface area contributed by atoms with Gasteiger partial charge >= 0.3 is 0 Å². The zero-order chi connectivity index (χ0) is 12.8. The van der Waals surface area contributed by atoms with Gasteiger partial charge in [-0.3, -0.25) is 4.79 Å². The minimum atomic E-state index is -0.491. The van der Waals surface area contributed by atoms with Gasteiger partial charge in [-0.15, -0.1) is 0 Å². The van der Waals surface area contributed by atoms with Crippen molar-refractivity contribution >= 4 is 27.7 Å². The van der Waals surface area contributed by atoms with E-state index in [1.54, 1.807) is 0 Å². The molecule has 0 aromatic heterocycles. The number of amidine groups is 1. The van der Waals surface area contributed by atoms with Gasteiger partial charge in [-0.25, -0.2) is 4.39 Å². The maximum atomic E-state index is 12.9. The van der Waals surface area contributed by atoms with Gasteiger partial charge in [0.1, 0.15) is 11.7 Å². The lowest BCUT2D eigenvalue weighted by Crippen LogP contribution is -2.28. The van der Waals surface area contributed by atoms with Crippen molar-refractivity contribution in [2.24, 2.45) is 10.9 Å². The molecule has 0 aliphatic rings. The Kier molecular flexibility index (Phi) is 4.89.